The number of amides is 1. The van der Waals surface area contributed by atoms with Crippen LogP contribution in [0, 0.1) is 18.8 Å². The molecule has 4 aromatic rings. The number of aryl methyl sites for hydroxylation is 1. The van der Waals surface area contributed by atoms with Crippen molar-refractivity contribution in [2.45, 2.75) is 58.5 Å². The summed E-state index contributed by atoms with van der Waals surface area (Å²) in [5.41, 5.74) is 7.02. The van der Waals surface area contributed by atoms with Crippen molar-refractivity contribution >= 4 is 33.5 Å². The predicted octanol–water partition coefficient (Wildman–Crippen LogP) is 8.37. The summed E-state index contributed by atoms with van der Waals surface area (Å²) in [6.45, 7) is 7.73. The van der Waals surface area contributed by atoms with Gasteiger partial charge in [0.2, 0.25) is 0 Å². The third kappa shape index (κ3) is 7.21. The van der Waals surface area contributed by atoms with Gasteiger partial charge in [0.05, 0.1) is 18.9 Å². The van der Waals surface area contributed by atoms with Gasteiger partial charge in [0.1, 0.15) is 12.4 Å². The SMILES string of the molecule is CC#CC(CC(=O)OCC)c1ccc(OCc2ccc3scc(-c4ccc(C5CCN(C(=O)O)CC5)cc4C)c3c2)cc1. The van der Waals surface area contributed by atoms with Gasteiger partial charge in [-0.05, 0) is 97.0 Å². The van der Waals surface area contributed by atoms with Crippen molar-refractivity contribution in [1.29, 1.82) is 0 Å². The third-order valence-electron chi connectivity index (χ3n) is 8.10. The highest BCUT2D eigenvalue weighted by atomic mass is 32.1. The summed E-state index contributed by atoms with van der Waals surface area (Å²) in [4.78, 5) is 24.8. The number of thiophene rings is 1. The molecule has 1 N–H and O–H groups in total. The quantitative estimate of drug-likeness (QED) is 0.155. The van der Waals surface area contributed by atoms with E-state index in [1.165, 1.54) is 37.2 Å². The number of hydrogen-bond donors (Lipinski definition) is 1. The number of carbonyl (C=O) groups is 2. The highest BCUT2D eigenvalue weighted by molar-refractivity contribution is 7.17. The number of likely N-dealkylation sites (tertiary alicyclic amines) is 1. The fourth-order valence-electron chi connectivity index (χ4n) is 5.80. The minimum absolute atomic E-state index is 0.208. The lowest BCUT2D eigenvalue weighted by Crippen LogP contribution is -2.36. The number of nitrogens with zero attached hydrogens (tertiary/aromatic N) is 1. The van der Waals surface area contributed by atoms with Crippen LogP contribution in [0.15, 0.2) is 66.0 Å². The van der Waals surface area contributed by atoms with Crippen molar-refractivity contribution in [2.75, 3.05) is 19.7 Å². The number of fused-ring (bicyclic) bond motifs is 1. The Bertz CT molecular complexity index is 1650. The number of ether oxygens (including phenoxy) is 2. The summed E-state index contributed by atoms with van der Waals surface area (Å²) in [7, 11) is 0. The summed E-state index contributed by atoms with van der Waals surface area (Å²) in [5.74, 6) is 6.73. The topological polar surface area (TPSA) is 76.1 Å². The van der Waals surface area contributed by atoms with Crippen LogP contribution in [-0.2, 0) is 16.1 Å². The molecule has 222 valence electrons. The van der Waals surface area contributed by atoms with Crippen LogP contribution in [0.3, 0.4) is 0 Å². The molecule has 1 aromatic heterocycles. The maximum absolute atomic E-state index is 12.0. The van der Waals surface area contributed by atoms with Crippen LogP contribution in [-0.4, -0.2) is 41.8 Å². The second-order valence-corrected chi connectivity index (χ2v) is 11.8. The first-order chi connectivity index (χ1) is 20.9. The van der Waals surface area contributed by atoms with Crippen molar-refractivity contribution < 1.29 is 24.2 Å². The number of carboxylic acid groups (broad SMARTS) is 1. The molecular formula is C36H37NO5S. The Morgan fingerprint density at radius 3 is 2.49 bits per heavy atom. The van der Waals surface area contributed by atoms with Crippen molar-refractivity contribution in [3.8, 4) is 28.7 Å². The van der Waals surface area contributed by atoms with E-state index in [-0.39, 0.29) is 18.3 Å². The van der Waals surface area contributed by atoms with Crippen LogP contribution in [0.1, 0.15) is 67.2 Å². The van der Waals surface area contributed by atoms with Gasteiger partial charge in [-0.1, -0.05) is 42.3 Å². The Morgan fingerprint density at radius 2 is 1.81 bits per heavy atom. The number of carbonyl (C=O) groups excluding carboxylic acids is 1. The molecule has 1 aliphatic rings. The Balaban J connectivity index is 1.27. The highest BCUT2D eigenvalue weighted by Crippen LogP contribution is 2.38. The lowest BCUT2D eigenvalue weighted by molar-refractivity contribution is -0.143. The van der Waals surface area contributed by atoms with Crippen LogP contribution in [0.5, 0.6) is 5.75 Å². The number of benzene rings is 3. The predicted molar refractivity (Wildman–Crippen MR) is 172 cm³/mol. The second-order valence-electron chi connectivity index (χ2n) is 10.9. The van der Waals surface area contributed by atoms with Gasteiger partial charge in [-0.25, -0.2) is 4.79 Å². The Hall–Kier alpha value is -4.28. The molecule has 0 aliphatic carbocycles. The average molecular weight is 596 g/mol. The van der Waals surface area contributed by atoms with Gasteiger partial charge in [-0.2, -0.15) is 0 Å². The molecule has 1 saturated heterocycles. The van der Waals surface area contributed by atoms with Gasteiger partial charge in [0.25, 0.3) is 0 Å². The number of esters is 1. The van der Waals surface area contributed by atoms with Crippen molar-refractivity contribution in [1.82, 2.24) is 4.90 Å². The van der Waals surface area contributed by atoms with E-state index in [1.807, 2.05) is 24.3 Å². The van der Waals surface area contributed by atoms with Gasteiger partial charge in [-0.3, -0.25) is 4.79 Å². The van der Waals surface area contributed by atoms with Gasteiger partial charge in [0.15, 0.2) is 0 Å². The van der Waals surface area contributed by atoms with Gasteiger partial charge in [0, 0.05) is 28.7 Å². The minimum Gasteiger partial charge on any atom is -0.489 e. The van der Waals surface area contributed by atoms with E-state index in [4.69, 9.17) is 9.47 Å². The monoisotopic (exact) mass is 595 g/mol. The molecule has 3 aromatic carbocycles. The van der Waals surface area contributed by atoms with E-state index in [0.717, 1.165) is 29.7 Å². The summed E-state index contributed by atoms with van der Waals surface area (Å²) in [6.07, 6.45) is 1.13. The van der Waals surface area contributed by atoms with Crippen molar-refractivity contribution in [2.24, 2.45) is 0 Å². The second kappa shape index (κ2) is 13.8. The molecule has 6 nitrogen and oxygen atoms in total. The van der Waals surface area contributed by atoms with Crippen LogP contribution >= 0.6 is 11.3 Å². The Kier molecular flexibility index (Phi) is 9.68. The Labute approximate surface area is 257 Å². The molecule has 7 heteroatoms. The maximum Gasteiger partial charge on any atom is 0.407 e. The first-order valence-corrected chi connectivity index (χ1v) is 15.6. The van der Waals surface area contributed by atoms with Gasteiger partial charge < -0.3 is 19.5 Å². The molecule has 1 fully saturated rings. The average Bonchev–Trinajstić information content (AvgIpc) is 3.43. The van der Waals surface area contributed by atoms with E-state index in [1.54, 1.807) is 25.2 Å². The first-order valence-electron chi connectivity index (χ1n) is 14.8. The third-order valence-corrected chi connectivity index (χ3v) is 9.06. The number of hydrogen-bond acceptors (Lipinski definition) is 5. The van der Waals surface area contributed by atoms with Crippen LogP contribution in [0.25, 0.3) is 21.2 Å². The molecule has 1 amide bonds. The number of rotatable bonds is 9. The van der Waals surface area contributed by atoms with Crippen LogP contribution < -0.4 is 4.74 Å². The lowest BCUT2D eigenvalue weighted by atomic mass is 9.87. The van der Waals surface area contributed by atoms with Crippen LogP contribution in [0.2, 0.25) is 0 Å². The smallest absolute Gasteiger partial charge is 0.407 e. The zero-order valence-corrected chi connectivity index (χ0v) is 25.7. The van der Waals surface area contributed by atoms with Crippen LogP contribution in [0.4, 0.5) is 4.79 Å². The molecule has 1 unspecified atom stereocenters. The summed E-state index contributed by atoms with van der Waals surface area (Å²) >= 11 is 1.75. The first kappa shape index (κ1) is 30.2. The molecular weight excluding hydrogens is 558 g/mol. The molecule has 1 aliphatic heterocycles. The summed E-state index contributed by atoms with van der Waals surface area (Å²) < 4.78 is 12.5. The lowest BCUT2D eigenvalue weighted by Gasteiger charge is -2.30. The minimum atomic E-state index is -0.823. The van der Waals surface area contributed by atoms with Gasteiger partial charge in [-0.15, -0.1) is 17.3 Å². The van der Waals surface area contributed by atoms with Crippen molar-refractivity contribution in [3.05, 3.63) is 88.3 Å². The van der Waals surface area contributed by atoms with E-state index in [0.29, 0.717) is 32.2 Å². The fourth-order valence-corrected chi connectivity index (χ4v) is 6.74. The molecule has 5 rings (SSSR count). The standard InChI is InChI=1S/C36H37NO5S/c1-4-6-28(21-35(38)41-5-2)26-8-11-30(12-9-26)42-22-25-7-14-34-32(20-25)33(23-43-34)31-13-10-29(19-24(31)3)27-15-17-37(18-16-27)36(39)40/h7-14,19-20,23,27-28H,5,15-18,21-22H2,1-3H3,(H,39,40). The zero-order valence-electron chi connectivity index (χ0n) is 24.9. The van der Waals surface area contributed by atoms with Crippen molar-refractivity contribution in [3.63, 3.8) is 0 Å². The van der Waals surface area contributed by atoms with E-state index in [9.17, 15) is 14.7 Å². The van der Waals surface area contributed by atoms with E-state index < -0.39 is 6.09 Å². The molecule has 0 bridgehead atoms. The molecule has 0 radical (unpaired) electrons. The van der Waals surface area contributed by atoms with Gasteiger partial charge >= 0.3 is 12.1 Å². The molecule has 0 spiro atoms. The summed E-state index contributed by atoms with van der Waals surface area (Å²) in [6, 6.07) is 21.0. The molecule has 43 heavy (non-hydrogen) atoms. The highest BCUT2D eigenvalue weighted by Gasteiger charge is 2.24. The summed E-state index contributed by atoms with van der Waals surface area (Å²) in [5, 5.41) is 12.7. The van der Waals surface area contributed by atoms with E-state index >= 15 is 0 Å². The Morgan fingerprint density at radius 1 is 1.05 bits per heavy atom. The normalized spacial score (nSPS) is 14.2. The largest absolute Gasteiger partial charge is 0.489 e. The zero-order chi connectivity index (χ0) is 30.3. The molecule has 2 heterocycles. The van der Waals surface area contributed by atoms with E-state index in [2.05, 4.69) is 60.5 Å². The molecule has 1 atom stereocenters. The number of piperidine rings is 1. The maximum atomic E-state index is 12.0. The fraction of sp³-hybridized carbons (Fsp3) is 0.333. The molecule has 0 saturated carbocycles.